The Morgan fingerprint density at radius 3 is 3.06 bits per heavy atom. The van der Waals surface area contributed by atoms with E-state index in [1.165, 1.54) is 6.20 Å². The van der Waals surface area contributed by atoms with Crippen molar-refractivity contribution < 1.29 is 9.90 Å². The Morgan fingerprint density at radius 2 is 2.25 bits per heavy atom. The second-order valence-electron chi connectivity index (χ2n) is 3.23. The average molecular weight is 214 g/mol. The molecule has 0 aliphatic heterocycles. The van der Waals surface area contributed by atoms with Crippen LogP contribution in [0.2, 0.25) is 0 Å². The van der Waals surface area contributed by atoms with Gasteiger partial charge in [0.2, 0.25) is 6.41 Å². The van der Waals surface area contributed by atoms with Gasteiger partial charge >= 0.3 is 0 Å². The Labute approximate surface area is 92.2 Å². The summed E-state index contributed by atoms with van der Waals surface area (Å²) in [5.41, 5.74) is 0.715. The number of phenols is 1. The van der Waals surface area contributed by atoms with Gasteiger partial charge in [-0.2, -0.15) is 0 Å². The zero-order chi connectivity index (χ0) is 11.4. The molecule has 0 saturated heterocycles. The van der Waals surface area contributed by atoms with Crippen molar-refractivity contribution in [2.75, 3.05) is 0 Å². The first-order valence-corrected chi connectivity index (χ1v) is 4.75. The molecule has 0 radical (unpaired) electrons. The molecule has 1 amide bonds. The normalized spacial score (nSPS) is 10.8. The Morgan fingerprint density at radius 1 is 1.38 bits per heavy atom. The summed E-state index contributed by atoms with van der Waals surface area (Å²) < 4.78 is 0. The molecule has 4 heteroatoms. The first kappa shape index (κ1) is 10.2. The van der Waals surface area contributed by atoms with Gasteiger partial charge in [-0.1, -0.05) is 12.1 Å². The lowest BCUT2D eigenvalue weighted by Crippen LogP contribution is -1.98. The summed E-state index contributed by atoms with van der Waals surface area (Å²) >= 11 is 0. The van der Waals surface area contributed by atoms with E-state index in [9.17, 15) is 9.90 Å². The van der Waals surface area contributed by atoms with Gasteiger partial charge in [-0.05, 0) is 23.6 Å². The number of carbonyl (C=O) groups excluding carboxylic acids is 1. The van der Waals surface area contributed by atoms with Crippen LogP contribution in [0.1, 0.15) is 5.69 Å². The van der Waals surface area contributed by atoms with Gasteiger partial charge in [0.15, 0.2) is 0 Å². The SMILES string of the molecule is O=CNC=Cc1cc2cccc(O)c2cn1. The fourth-order valence-corrected chi connectivity index (χ4v) is 1.44. The molecular formula is C12H10N2O2. The molecule has 2 N–H and O–H groups in total. The minimum atomic E-state index is 0.214. The topological polar surface area (TPSA) is 62.2 Å². The summed E-state index contributed by atoms with van der Waals surface area (Å²) in [5, 5.41) is 13.6. The number of aromatic hydroxyl groups is 1. The van der Waals surface area contributed by atoms with Gasteiger partial charge in [0.1, 0.15) is 5.75 Å². The number of pyridine rings is 1. The van der Waals surface area contributed by atoms with E-state index in [1.54, 1.807) is 24.4 Å². The van der Waals surface area contributed by atoms with Crippen LogP contribution in [0.3, 0.4) is 0 Å². The molecule has 2 rings (SSSR count). The largest absolute Gasteiger partial charge is 0.507 e. The van der Waals surface area contributed by atoms with Crippen LogP contribution in [0.4, 0.5) is 0 Å². The summed E-state index contributed by atoms with van der Waals surface area (Å²) in [7, 11) is 0. The maximum absolute atomic E-state index is 10.0. The molecule has 0 atom stereocenters. The molecule has 0 spiro atoms. The van der Waals surface area contributed by atoms with E-state index < -0.39 is 0 Å². The first-order chi connectivity index (χ1) is 7.81. The average Bonchev–Trinajstić information content (AvgIpc) is 2.30. The highest BCUT2D eigenvalue weighted by atomic mass is 16.3. The Hall–Kier alpha value is -2.36. The van der Waals surface area contributed by atoms with E-state index in [4.69, 9.17) is 0 Å². The summed E-state index contributed by atoms with van der Waals surface area (Å²) in [6, 6.07) is 7.11. The van der Waals surface area contributed by atoms with E-state index in [2.05, 4.69) is 10.3 Å². The molecule has 0 saturated carbocycles. The summed E-state index contributed by atoms with van der Waals surface area (Å²) in [5.74, 6) is 0.214. The van der Waals surface area contributed by atoms with Crippen LogP contribution in [0.5, 0.6) is 5.75 Å². The minimum absolute atomic E-state index is 0.214. The number of benzene rings is 1. The Bertz CT molecular complexity index is 550. The zero-order valence-corrected chi connectivity index (χ0v) is 8.42. The quantitative estimate of drug-likeness (QED) is 0.764. The maximum atomic E-state index is 10.0. The lowest BCUT2D eigenvalue weighted by molar-refractivity contribution is -0.108. The maximum Gasteiger partial charge on any atom is 0.211 e. The predicted molar refractivity (Wildman–Crippen MR) is 61.6 cm³/mol. The second kappa shape index (κ2) is 4.44. The first-order valence-electron chi connectivity index (χ1n) is 4.75. The molecule has 1 aromatic heterocycles. The van der Waals surface area contributed by atoms with Crippen LogP contribution in [0.25, 0.3) is 16.8 Å². The van der Waals surface area contributed by atoms with E-state index in [-0.39, 0.29) is 5.75 Å². The van der Waals surface area contributed by atoms with Crippen LogP contribution in [0, 0.1) is 0 Å². The lowest BCUT2D eigenvalue weighted by Gasteiger charge is -2.00. The van der Waals surface area contributed by atoms with E-state index in [0.717, 1.165) is 5.39 Å². The van der Waals surface area contributed by atoms with Gasteiger partial charge in [-0.15, -0.1) is 0 Å². The molecular weight excluding hydrogens is 204 g/mol. The highest BCUT2D eigenvalue weighted by Gasteiger charge is 1.99. The Balaban J connectivity index is 2.41. The van der Waals surface area contributed by atoms with Gasteiger partial charge in [-0.3, -0.25) is 9.78 Å². The molecule has 2 aromatic rings. The smallest absolute Gasteiger partial charge is 0.211 e. The fraction of sp³-hybridized carbons (Fsp3) is 0. The zero-order valence-electron chi connectivity index (χ0n) is 8.42. The van der Waals surface area contributed by atoms with Crippen LogP contribution >= 0.6 is 0 Å². The molecule has 0 aliphatic carbocycles. The molecule has 80 valence electrons. The van der Waals surface area contributed by atoms with Crippen LogP contribution < -0.4 is 5.32 Å². The molecule has 1 aromatic carbocycles. The lowest BCUT2D eigenvalue weighted by atomic mass is 10.1. The molecule has 0 aliphatic rings. The number of hydrogen-bond acceptors (Lipinski definition) is 3. The third-order valence-electron chi connectivity index (χ3n) is 2.18. The summed E-state index contributed by atoms with van der Waals surface area (Å²) in [6.07, 6.45) is 5.37. The van der Waals surface area contributed by atoms with Gasteiger partial charge in [0.25, 0.3) is 0 Å². The Kier molecular flexibility index (Phi) is 2.82. The van der Waals surface area contributed by atoms with Gasteiger partial charge < -0.3 is 10.4 Å². The number of aromatic nitrogens is 1. The summed E-state index contributed by atoms with van der Waals surface area (Å²) in [4.78, 5) is 14.2. The van der Waals surface area contributed by atoms with E-state index >= 15 is 0 Å². The highest BCUT2D eigenvalue weighted by molar-refractivity contribution is 5.88. The van der Waals surface area contributed by atoms with Gasteiger partial charge in [0, 0.05) is 17.8 Å². The van der Waals surface area contributed by atoms with Crippen molar-refractivity contribution in [1.82, 2.24) is 10.3 Å². The minimum Gasteiger partial charge on any atom is -0.507 e. The predicted octanol–water partition coefficient (Wildman–Crippen LogP) is 1.66. The van der Waals surface area contributed by atoms with Crippen molar-refractivity contribution in [3.63, 3.8) is 0 Å². The third kappa shape index (κ3) is 2.00. The number of carbonyl (C=O) groups is 1. The molecule has 4 nitrogen and oxygen atoms in total. The molecule has 0 fully saturated rings. The number of nitrogens with one attached hydrogen (secondary N) is 1. The molecule has 1 heterocycles. The number of amides is 1. The fourth-order valence-electron chi connectivity index (χ4n) is 1.44. The van der Waals surface area contributed by atoms with Crippen LogP contribution in [-0.4, -0.2) is 16.5 Å². The molecule has 0 unspecified atom stereocenters. The standard InChI is InChI=1S/C12H10N2O2/c15-8-13-5-4-10-6-9-2-1-3-12(16)11(9)7-14-10/h1-8,16H,(H,13,15). The van der Waals surface area contributed by atoms with Crippen LogP contribution in [0.15, 0.2) is 36.7 Å². The van der Waals surface area contributed by atoms with Crippen molar-refractivity contribution in [2.45, 2.75) is 0 Å². The van der Waals surface area contributed by atoms with Crippen molar-refractivity contribution in [2.24, 2.45) is 0 Å². The molecule has 16 heavy (non-hydrogen) atoms. The van der Waals surface area contributed by atoms with Crippen molar-refractivity contribution in [3.05, 3.63) is 42.4 Å². The van der Waals surface area contributed by atoms with Gasteiger partial charge in [-0.25, -0.2) is 0 Å². The van der Waals surface area contributed by atoms with Crippen molar-refractivity contribution in [3.8, 4) is 5.75 Å². The van der Waals surface area contributed by atoms with Crippen LogP contribution in [-0.2, 0) is 4.79 Å². The van der Waals surface area contributed by atoms with Gasteiger partial charge in [0.05, 0.1) is 5.69 Å². The third-order valence-corrected chi connectivity index (χ3v) is 2.18. The summed E-state index contributed by atoms with van der Waals surface area (Å²) in [6.45, 7) is 0. The highest BCUT2D eigenvalue weighted by Crippen LogP contribution is 2.23. The number of hydrogen-bond donors (Lipinski definition) is 2. The van der Waals surface area contributed by atoms with Crippen molar-refractivity contribution in [1.29, 1.82) is 0 Å². The monoisotopic (exact) mass is 214 g/mol. The number of fused-ring (bicyclic) bond motifs is 1. The van der Waals surface area contributed by atoms with E-state index in [0.29, 0.717) is 17.5 Å². The second-order valence-corrected chi connectivity index (χ2v) is 3.23. The number of phenolic OH excluding ortho intramolecular Hbond substituents is 1. The number of nitrogens with zero attached hydrogens (tertiary/aromatic N) is 1. The van der Waals surface area contributed by atoms with Crippen molar-refractivity contribution >= 4 is 23.3 Å². The number of rotatable bonds is 3. The molecule has 0 bridgehead atoms. The van der Waals surface area contributed by atoms with E-state index in [1.807, 2.05) is 12.1 Å².